The number of para-hydroxylation sites is 1. The van der Waals surface area contributed by atoms with Gasteiger partial charge in [-0.3, -0.25) is 10.1 Å². The van der Waals surface area contributed by atoms with E-state index in [0.717, 1.165) is 45.4 Å². The highest BCUT2D eigenvalue weighted by atomic mass is 32.1. The zero-order chi connectivity index (χ0) is 24.4. The van der Waals surface area contributed by atoms with Gasteiger partial charge in [0, 0.05) is 21.9 Å². The maximum Gasteiger partial charge on any atom is 0.258 e. The number of hydrogen-bond acceptors (Lipinski definition) is 4. The quantitative estimate of drug-likeness (QED) is 0.272. The molecule has 0 spiro atoms. The normalized spacial score (nSPS) is 11.2. The Morgan fingerprint density at radius 1 is 0.914 bits per heavy atom. The SMILES string of the molecule is Cc1ccccc1-c1cc(C(=O)Nc2nc(-c3ccc(CC(C)C)cc3)cs2)c2ccccc2n1. The molecule has 0 bridgehead atoms. The summed E-state index contributed by atoms with van der Waals surface area (Å²) in [7, 11) is 0. The summed E-state index contributed by atoms with van der Waals surface area (Å²) in [4.78, 5) is 22.9. The van der Waals surface area contributed by atoms with Crippen molar-refractivity contribution < 1.29 is 4.79 Å². The average molecular weight is 478 g/mol. The van der Waals surface area contributed by atoms with Gasteiger partial charge < -0.3 is 0 Å². The summed E-state index contributed by atoms with van der Waals surface area (Å²) in [5, 5.41) is 6.39. The van der Waals surface area contributed by atoms with Crippen LogP contribution in [-0.4, -0.2) is 15.9 Å². The number of aromatic nitrogens is 2. The topological polar surface area (TPSA) is 54.9 Å². The lowest BCUT2D eigenvalue weighted by molar-refractivity contribution is 0.102. The number of thiazole rings is 1. The molecule has 0 aliphatic carbocycles. The number of nitrogens with one attached hydrogen (secondary N) is 1. The Balaban J connectivity index is 1.43. The predicted molar refractivity (Wildman–Crippen MR) is 146 cm³/mol. The monoisotopic (exact) mass is 477 g/mol. The number of anilines is 1. The van der Waals surface area contributed by atoms with Crippen LogP contribution < -0.4 is 5.32 Å². The molecule has 35 heavy (non-hydrogen) atoms. The van der Waals surface area contributed by atoms with Gasteiger partial charge in [-0.25, -0.2) is 9.97 Å². The van der Waals surface area contributed by atoms with E-state index in [-0.39, 0.29) is 5.91 Å². The van der Waals surface area contributed by atoms with E-state index in [9.17, 15) is 4.79 Å². The second-order valence-corrected chi connectivity index (χ2v) is 10.0. The van der Waals surface area contributed by atoms with Crippen LogP contribution in [0.3, 0.4) is 0 Å². The molecule has 0 radical (unpaired) electrons. The molecule has 0 saturated heterocycles. The van der Waals surface area contributed by atoms with Crippen molar-refractivity contribution in [3.63, 3.8) is 0 Å². The van der Waals surface area contributed by atoms with E-state index in [1.165, 1.54) is 16.9 Å². The van der Waals surface area contributed by atoms with Gasteiger partial charge in [0.05, 0.1) is 22.5 Å². The van der Waals surface area contributed by atoms with Crippen molar-refractivity contribution in [2.24, 2.45) is 5.92 Å². The third kappa shape index (κ3) is 5.00. The fourth-order valence-electron chi connectivity index (χ4n) is 4.27. The molecule has 5 rings (SSSR count). The molecule has 1 N–H and O–H groups in total. The van der Waals surface area contributed by atoms with E-state index >= 15 is 0 Å². The number of carbonyl (C=O) groups is 1. The van der Waals surface area contributed by atoms with Crippen LogP contribution in [-0.2, 0) is 6.42 Å². The van der Waals surface area contributed by atoms with Crippen molar-refractivity contribution in [1.29, 1.82) is 0 Å². The van der Waals surface area contributed by atoms with Crippen LogP contribution in [0.15, 0.2) is 84.2 Å². The van der Waals surface area contributed by atoms with Gasteiger partial charge in [0.25, 0.3) is 5.91 Å². The van der Waals surface area contributed by atoms with Gasteiger partial charge in [-0.2, -0.15) is 0 Å². The van der Waals surface area contributed by atoms with Crippen molar-refractivity contribution in [1.82, 2.24) is 9.97 Å². The van der Waals surface area contributed by atoms with Crippen molar-refractivity contribution in [2.75, 3.05) is 5.32 Å². The van der Waals surface area contributed by atoms with E-state index in [2.05, 4.69) is 61.4 Å². The minimum absolute atomic E-state index is 0.188. The number of benzene rings is 3. The Morgan fingerprint density at radius 3 is 2.43 bits per heavy atom. The molecule has 0 saturated carbocycles. The number of hydrogen-bond donors (Lipinski definition) is 1. The Kier molecular flexibility index (Phi) is 6.43. The summed E-state index contributed by atoms with van der Waals surface area (Å²) in [5.74, 6) is 0.434. The first kappa shape index (κ1) is 22.9. The van der Waals surface area contributed by atoms with Crippen molar-refractivity contribution in [2.45, 2.75) is 27.2 Å². The maximum absolute atomic E-state index is 13.4. The molecule has 2 aromatic heterocycles. The summed E-state index contributed by atoms with van der Waals surface area (Å²) in [6.45, 7) is 6.50. The van der Waals surface area contributed by atoms with E-state index < -0.39 is 0 Å². The zero-order valence-corrected chi connectivity index (χ0v) is 20.9. The van der Waals surface area contributed by atoms with Crippen LogP contribution in [0.2, 0.25) is 0 Å². The highest BCUT2D eigenvalue weighted by Gasteiger charge is 2.16. The lowest BCUT2D eigenvalue weighted by Gasteiger charge is -2.11. The first-order valence-electron chi connectivity index (χ1n) is 11.8. The lowest BCUT2D eigenvalue weighted by Crippen LogP contribution is -2.13. The fourth-order valence-corrected chi connectivity index (χ4v) is 4.99. The Morgan fingerprint density at radius 2 is 1.66 bits per heavy atom. The molecule has 5 heteroatoms. The standard InChI is InChI=1S/C30H27N3OS/c1-19(2)16-21-12-14-22(15-13-21)28-18-35-30(32-28)33-29(34)25-17-27(23-9-5-4-8-20(23)3)31-26-11-7-6-10-24(25)26/h4-15,17-19H,16H2,1-3H3,(H,32,33,34). The van der Waals surface area contributed by atoms with Crippen LogP contribution in [0.5, 0.6) is 0 Å². The number of carbonyl (C=O) groups excluding carboxylic acids is 1. The van der Waals surface area contributed by atoms with Gasteiger partial charge in [0.1, 0.15) is 0 Å². The third-order valence-electron chi connectivity index (χ3n) is 6.00. The largest absolute Gasteiger partial charge is 0.298 e. The summed E-state index contributed by atoms with van der Waals surface area (Å²) in [6.07, 6.45) is 1.06. The van der Waals surface area contributed by atoms with Crippen LogP contribution in [0, 0.1) is 12.8 Å². The van der Waals surface area contributed by atoms with Gasteiger partial charge in [-0.15, -0.1) is 11.3 Å². The molecule has 0 aliphatic heterocycles. The highest BCUT2D eigenvalue weighted by Crippen LogP contribution is 2.29. The molecule has 0 atom stereocenters. The predicted octanol–water partition coefficient (Wildman–Crippen LogP) is 7.78. The van der Waals surface area contributed by atoms with E-state index in [1.54, 1.807) is 0 Å². The van der Waals surface area contributed by atoms with Gasteiger partial charge in [-0.05, 0) is 42.5 Å². The highest BCUT2D eigenvalue weighted by molar-refractivity contribution is 7.14. The number of amides is 1. The number of nitrogens with zero attached hydrogens (tertiary/aromatic N) is 2. The summed E-state index contributed by atoms with van der Waals surface area (Å²) in [6, 6.07) is 26.2. The smallest absolute Gasteiger partial charge is 0.258 e. The molecule has 0 unspecified atom stereocenters. The summed E-state index contributed by atoms with van der Waals surface area (Å²) in [5.41, 5.74) is 7.53. The van der Waals surface area contributed by atoms with Gasteiger partial charge >= 0.3 is 0 Å². The Hall–Kier alpha value is -3.83. The molecular weight excluding hydrogens is 450 g/mol. The van der Waals surface area contributed by atoms with Gasteiger partial charge in [0.2, 0.25) is 0 Å². The van der Waals surface area contributed by atoms with Crippen molar-refractivity contribution >= 4 is 33.3 Å². The molecule has 5 aromatic rings. The van der Waals surface area contributed by atoms with E-state index in [0.29, 0.717) is 16.6 Å². The first-order chi connectivity index (χ1) is 17.0. The lowest BCUT2D eigenvalue weighted by atomic mass is 10.0. The number of rotatable bonds is 6. The minimum atomic E-state index is -0.188. The zero-order valence-electron chi connectivity index (χ0n) is 20.1. The maximum atomic E-state index is 13.4. The van der Waals surface area contributed by atoms with Crippen LogP contribution in [0.25, 0.3) is 33.4 Å². The summed E-state index contributed by atoms with van der Waals surface area (Å²) >= 11 is 1.43. The van der Waals surface area contributed by atoms with Crippen LogP contribution in [0.1, 0.15) is 35.3 Å². The summed E-state index contributed by atoms with van der Waals surface area (Å²) < 4.78 is 0. The number of aryl methyl sites for hydroxylation is 1. The minimum Gasteiger partial charge on any atom is -0.298 e. The van der Waals surface area contributed by atoms with Gasteiger partial charge in [0.15, 0.2) is 5.13 Å². The third-order valence-corrected chi connectivity index (χ3v) is 6.76. The molecule has 4 nitrogen and oxygen atoms in total. The molecule has 3 aromatic carbocycles. The second kappa shape index (κ2) is 9.80. The molecule has 2 heterocycles. The van der Waals surface area contributed by atoms with Gasteiger partial charge in [-0.1, -0.05) is 80.6 Å². The molecular formula is C30H27N3OS. The molecule has 1 amide bonds. The molecule has 0 aliphatic rings. The second-order valence-electron chi connectivity index (χ2n) is 9.17. The number of fused-ring (bicyclic) bond motifs is 1. The molecule has 0 fully saturated rings. The Labute approximate surface area is 209 Å². The average Bonchev–Trinajstić information content (AvgIpc) is 3.32. The number of pyridine rings is 1. The van der Waals surface area contributed by atoms with Crippen molar-refractivity contribution in [3.05, 3.63) is 101 Å². The first-order valence-corrected chi connectivity index (χ1v) is 12.7. The fraction of sp³-hybridized carbons (Fsp3) is 0.167. The van der Waals surface area contributed by atoms with Crippen LogP contribution >= 0.6 is 11.3 Å². The molecule has 174 valence electrons. The van der Waals surface area contributed by atoms with Crippen LogP contribution in [0.4, 0.5) is 5.13 Å². The van der Waals surface area contributed by atoms with Crippen molar-refractivity contribution in [3.8, 4) is 22.5 Å². The van der Waals surface area contributed by atoms with E-state index in [4.69, 9.17) is 4.98 Å². The Bertz CT molecular complexity index is 1500. The van der Waals surface area contributed by atoms with E-state index in [1.807, 2.05) is 53.9 Å².